The van der Waals surface area contributed by atoms with E-state index in [-0.39, 0.29) is 59.6 Å². The predicted molar refractivity (Wildman–Crippen MR) is 347 cm³/mol. The van der Waals surface area contributed by atoms with Crippen molar-refractivity contribution in [3.8, 4) is 56.8 Å². The third kappa shape index (κ3) is 22.6. The van der Waals surface area contributed by atoms with Crippen LogP contribution in [0.25, 0.3) is 33.8 Å². The molecule has 37 heteroatoms. The molecule has 0 aliphatic rings. The lowest BCUT2D eigenvalue weighted by Gasteiger charge is -2.10. The third-order valence-corrected chi connectivity index (χ3v) is 16.1. The van der Waals surface area contributed by atoms with Gasteiger partial charge in [0.05, 0.1) is 80.3 Å². The first-order chi connectivity index (χ1) is 42.0. The molecule has 3 aromatic heterocycles. The number of halogens is 2. The Kier molecular flexibility index (Phi) is 27.6. The first-order valence-electron chi connectivity index (χ1n) is 24.0. The zero-order chi connectivity index (χ0) is 66.2. The Balaban J connectivity index is 0.000000242. The van der Waals surface area contributed by atoms with Crippen LogP contribution in [-0.2, 0) is 19.1 Å². The van der Waals surface area contributed by atoms with Gasteiger partial charge in [0.1, 0.15) is 0 Å². The lowest BCUT2D eigenvalue weighted by molar-refractivity contribution is -0.385. The minimum absolute atomic E-state index is 0.000000000000000222. The molecule has 0 radical (unpaired) electrons. The molecule has 3 heterocycles. The van der Waals surface area contributed by atoms with Gasteiger partial charge in [-0.25, -0.2) is 31.8 Å². The predicted octanol–water partition coefficient (Wildman–Crippen LogP) is 11.1. The average molecular weight is 1420 g/mol. The number of nitro benzene ring substituents is 4. The monoisotopic (exact) mass is 1420 g/mol. The second-order valence-corrected chi connectivity index (χ2v) is 24.4. The van der Waals surface area contributed by atoms with Gasteiger partial charge in [0.15, 0.2) is 49.3 Å². The number of nitro groups is 4. The highest BCUT2D eigenvalue weighted by Gasteiger charge is 2.21. The normalized spacial score (nSPS) is 10.3. The second kappa shape index (κ2) is 34.1. The molecule has 29 nitrogen and oxygen atoms in total. The topological polar surface area (TPSA) is 450 Å². The molecule has 0 bridgehead atoms. The Morgan fingerprint density at radius 3 is 1.25 bits per heavy atom. The third-order valence-electron chi connectivity index (χ3n) is 10.6. The maximum atomic E-state index is 12.6. The van der Waals surface area contributed by atoms with Crippen LogP contribution < -0.4 is 46.6 Å². The highest BCUT2D eigenvalue weighted by molar-refractivity contribution is 9.09. The number of aromatic nitrogens is 3. The van der Waals surface area contributed by atoms with Crippen molar-refractivity contribution in [2.45, 2.75) is 9.79 Å². The van der Waals surface area contributed by atoms with Crippen molar-refractivity contribution in [2.75, 3.05) is 50.0 Å². The van der Waals surface area contributed by atoms with E-state index < -0.39 is 38.8 Å². The van der Waals surface area contributed by atoms with Gasteiger partial charge < -0.3 is 41.9 Å². The van der Waals surface area contributed by atoms with Gasteiger partial charge in [-0.2, -0.15) is 0 Å². The Morgan fingerprint density at radius 1 is 0.551 bits per heavy atom. The lowest BCUT2D eigenvalue weighted by Crippen LogP contribution is -2.18. The number of alkyl halides is 1. The summed E-state index contributed by atoms with van der Waals surface area (Å²) in [6.45, 7) is 0. The minimum atomic E-state index is -3.91. The molecule has 0 saturated carbocycles. The number of nitrogen functional groups attached to an aromatic ring is 2. The van der Waals surface area contributed by atoms with Crippen molar-refractivity contribution in [1.29, 1.82) is 0 Å². The number of thiocarbonyl (C=S) groups is 1. The van der Waals surface area contributed by atoms with Crippen LogP contribution in [0.2, 0.25) is 0 Å². The van der Waals surface area contributed by atoms with Gasteiger partial charge in [0.2, 0.25) is 0 Å². The van der Waals surface area contributed by atoms with Crippen molar-refractivity contribution in [2.24, 2.45) is 11.5 Å². The summed E-state index contributed by atoms with van der Waals surface area (Å²) in [7, 11) is 3.28. The number of methoxy groups -OCH3 is 4. The molecule has 9 aromatic rings. The van der Waals surface area contributed by atoms with Gasteiger partial charge in [-0.05, 0) is 36.5 Å². The largest absolute Gasteiger partial charge is 0.493 e. The van der Waals surface area contributed by atoms with Crippen molar-refractivity contribution in [3.05, 3.63) is 196 Å². The Morgan fingerprint density at radius 2 is 0.899 bits per heavy atom. The minimum Gasteiger partial charge on any atom is -0.493 e. The van der Waals surface area contributed by atoms with Gasteiger partial charge in [0, 0.05) is 110 Å². The average Bonchev–Trinajstić information content (AvgIpc) is 2.71. The van der Waals surface area contributed by atoms with Gasteiger partial charge in [-0.15, -0.1) is 34.0 Å². The molecule has 0 amide bonds. The number of nitrogens with one attached hydrogen (secondary N) is 1. The number of ether oxygens (including phenoxy) is 4. The maximum absolute atomic E-state index is 12.6. The summed E-state index contributed by atoms with van der Waals surface area (Å²) >= 11 is 10.8. The van der Waals surface area contributed by atoms with Crippen LogP contribution in [0, 0.1) is 40.5 Å². The number of hydrogen-bond acceptors (Lipinski definition) is 26. The van der Waals surface area contributed by atoms with E-state index in [1.54, 1.807) is 58.6 Å². The van der Waals surface area contributed by atoms with E-state index in [1.807, 2.05) is 0 Å². The summed E-state index contributed by atoms with van der Waals surface area (Å²) < 4.78 is 69.7. The van der Waals surface area contributed by atoms with Gasteiger partial charge in [-0.1, -0.05) is 64.5 Å². The summed E-state index contributed by atoms with van der Waals surface area (Å²) in [6, 6.07) is 32.6. The number of benzene rings is 6. The van der Waals surface area contributed by atoms with Crippen LogP contribution in [0.3, 0.4) is 0 Å². The molecular weight excluding hydrogens is 1370 g/mol. The van der Waals surface area contributed by atoms with Crippen LogP contribution in [-0.4, -0.2) is 96.1 Å². The highest BCUT2D eigenvalue weighted by Crippen LogP contribution is 2.34. The Bertz CT molecular complexity index is 4120. The molecular formula is C52H48BrClN12O17S6. The molecule has 0 atom stereocenters. The molecule has 6 aromatic carbocycles. The first-order valence-corrected chi connectivity index (χ1v) is 31.9. The summed E-state index contributed by atoms with van der Waals surface area (Å²) in [5.41, 5.74) is 24.2. The number of nitrogens with zero attached hydrogens (tertiary/aromatic N) is 7. The van der Waals surface area contributed by atoms with Crippen molar-refractivity contribution in [1.82, 2.24) is 15.0 Å². The number of thiazole rings is 3. The van der Waals surface area contributed by atoms with Crippen molar-refractivity contribution >= 4 is 141 Å². The maximum Gasteiger partial charge on any atom is 0.270 e. The van der Waals surface area contributed by atoms with Crippen LogP contribution in [0.4, 0.5) is 38.1 Å². The van der Waals surface area contributed by atoms with Gasteiger partial charge in [-0.3, -0.25) is 50.0 Å². The number of rotatable bonds is 17. The summed E-state index contributed by atoms with van der Waals surface area (Å²) in [4.78, 5) is 63.9. The van der Waals surface area contributed by atoms with Crippen LogP contribution in [0.15, 0.2) is 159 Å². The molecule has 0 aliphatic carbocycles. The van der Waals surface area contributed by atoms with E-state index in [2.05, 4.69) is 59.3 Å². The van der Waals surface area contributed by atoms with Crippen molar-refractivity contribution < 1.29 is 60.3 Å². The second-order valence-electron chi connectivity index (χ2n) is 16.4. The van der Waals surface area contributed by atoms with Crippen LogP contribution in [0.1, 0.15) is 10.4 Å². The molecule has 9 N–H and O–H groups in total. The van der Waals surface area contributed by atoms with Gasteiger partial charge >= 0.3 is 0 Å². The van der Waals surface area contributed by atoms with E-state index in [1.165, 1.54) is 142 Å². The molecule has 89 heavy (non-hydrogen) atoms. The number of ketones is 1. The fourth-order valence-corrected chi connectivity index (χ4v) is 10.8. The van der Waals surface area contributed by atoms with Crippen molar-refractivity contribution in [3.63, 3.8) is 0 Å². The number of hydrogen-bond donors (Lipinski definition) is 5. The zero-order valence-electron chi connectivity index (χ0n) is 46.2. The molecule has 0 saturated heterocycles. The number of sulfonamides is 1. The van der Waals surface area contributed by atoms with E-state index in [0.29, 0.717) is 66.8 Å². The molecule has 0 aliphatic heterocycles. The Hall–Kier alpha value is -9.56. The number of nitrogens with two attached hydrogens (primary N) is 4. The van der Waals surface area contributed by atoms with Gasteiger partial charge in [0.25, 0.3) is 41.8 Å². The van der Waals surface area contributed by atoms with E-state index >= 15 is 0 Å². The molecule has 0 spiro atoms. The summed E-state index contributed by atoms with van der Waals surface area (Å²) in [6.07, 6.45) is 0. The number of carbonyl (C=O) groups excluding carboxylic acids is 1. The highest BCUT2D eigenvalue weighted by atomic mass is 79.9. The van der Waals surface area contributed by atoms with Crippen LogP contribution >= 0.6 is 72.8 Å². The van der Waals surface area contributed by atoms with E-state index in [9.17, 15) is 62.1 Å². The SMILES string of the molecule is COc1ccc(S(=O)(=O)Cl)cc1OC.COc1ccc(S(=O)(=O)Nc2nc(-c3cccc([N+](=O)[O-])c3)cs2)cc1OC.NC(N)=S.Nc1nc(-c2cccc([N+](=O)[O-])c2)cs1.Nc1nc(-c2cccc([N+](=O)[O-])c2)cs1.O=C(CBr)c1cccc([N+](=O)[O-])c1. The number of carbonyl (C=O) groups is 1. The quantitative estimate of drug-likeness (QED) is 0.0141. The molecule has 0 unspecified atom stereocenters. The number of Topliss-reactive ketones (excluding diaryl/α,β-unsaturated/α-hetero) is 1. The summed E-state index contributed by atoms with van der Waals surface area (Å²) in [5.74, 6) is 1.31. The first kappa shape index (κ1) is 71.9. The van der Waals surface area contributed by atoms with Crippen LogP contribution in [0.5, 0.6) is 23.0 Å². The molecule has 468 valence electrons. The number of non-ortho nitro benzene ring substituents is 4. The lowest BCUT2D eigenvalue weighted by atomic mass is 10.1. The summed E-state index contributed by atoms with van der Waals surface area (Å²) in [5, 5.41) is 48.7. The smallest absolute Gasteiger partial charge is 0.270 e. The van der Waals surface area contributed by atoms with E-state index in [4.69, 9.17) is 41.1 Å². The molecule has 0 fully saturated rings. The van der Waals surface area contributed by atoms with E-state index in [0.717, 1.165) is 11.3 Å². The zero-order valence-corrected chi connectivity index (χ0v) is 53.5. The Labute approximate surface area is 536 Å². The fourth-order valence-electron chi connectivity index (χ4n) is 6.63. The fraction of sp³-hybridized carbons (Fsp3) is 0.0962. The molecule has 9 rings (SSSR count). The number of anilines is 3. The standard InChI is InChI=1S/C17H15N3O6S2.2C9H7N3O2S.C8H6BrNO3.C8H9ClO4S.CH4N2S/c1-25-15-7-6-13(9-16(15)26-2)28(23,24)19-17-18-14(10-27-17)11-4-3-5-12(8-11)20(21)22;2*10-9-11-8(5-15-9)6-2-1-3-7(4-6)12(13)14;9-5-8(11)6-2-1-3-7(4-6)10(12)13;1-12-7-4-3-6(14(9,10)11)5-8(7)13-2;2-1(3)4/h3-10H,1-2H3,(H,18,19);2*1-5H,(H2,10,11);1-4H,5H2;3-5H,1-2H3;(H4,2,3,4).